The van der Waals surface area contributed by atoms with E-state index in [2.05, 4.69) is 20.4 Å². The zero-order valence-corrected chi connectivity index (χ0v) is 16.1. The van der Waals surface area contributed by atoms with Crippen LogP contribution in [0.25, 0.3) is 11.4 Å². The molecule has 1 aliphatic heterocycles. The summed E-state index contributed by atoms with van der Waals surface area (Å²) in [4.78, 5) is 14.9. The number of rotatable bonds is 6. The van der Waals surface area contributed by atoms with E-state index in [4.69, 9.17) is 4.42 Å². The lowest BCUT2D eigenvalue weighted by molar-refractivity contribution is -0.119. The van der Waals surface area contributed by atoms with E-state index in [9.17, 15) is 4.79 Å². The minimum Gasteiger partial charge on any atom is -0.469 e. The molecule has 1 saturated heterocycles. The Balaban J connectivity index is 1.27. The van der Waals surface area contributed by atoms with Crippen LogP contribution in [0, 0.1) is 6.92 Å². The first-order valence-corrected chi connectivity index (χ1v) is 10.2. The third kappa shape index (κ3) is 3.81. The van der Waals surface area contributed by atoms with Crippen molar-refractivity contribution in [3.05, 3.63) is 18.1 Å². The first-order chi connectivity index (χ1) is 12.6. The highest BCUT2D eigenvalue weighted by Crippen LogP contribution is 2.29. The molecule has 2 aromatic heterocycles. The fourth-order valence-electron chi connectivity index (χ4n) is 3.54. The Morgan fingerprint density at radius 2 is 2.08 bits per heavy atom. The summed E-state index contributed by atoms with van der Waals surface area (Å²) in [6.07, 6.45) is 6.47. The summed E-state index contributed by atoms with van der Waals surface area (Å²) in [5, 5.41) is 12.4. The predicted octanol–water partition coefficient (Wildman–Crippen LogP) is 2.22. The maximum absolute atomic E-state index is 12.3. The van der Waals surface area contributed by atoms with Crippen molar-refractivity contribution in [2.75, 3.05) is 18.8 Å². The third-order valence-electron chi connectivity index (χ3n) is 5.22. The second-order valence-electron chi connectivity index (χ2n) is 7.15. The Bertz CT molecular complexity index is 774. The van der Waals surface area contributed by atoms with E-state index in [1.165, 1.54) is 24.6 Å². The van der Waals surface area contributed by atoms with Gasteiger partial charge in [-0.2, -0.15) is 0 Å². The van der Waals surface area contributed by atoms with Crippen molar-refractivity contribution in [2.24, 2.45) is 7.05 Å². The molecular formula is C18H25N5O2S. The highest BCUT2D eigenvalue weighted by Gasteiger charge is 2.32. The zero-order chi connectivity index (χ0) is 18.1. The molecule has 7 nitrogen and oxygen atoms in total. The number of carbonyl (C=O) groups is 1. The molecule has 2 aliphatic rings. The molecule has 2 fully saturated rings. The number of piperidine rings is 1. The summed E-state index contributed by atoms with van der Waals surface area (Å²) < 4.78 is 7.24. The molecule has 0 radical (unpaired) electrons. The summed E-state index contributed by atoms with van der Waals surface area (Å²) in [5.74, 6) is 2.00. The SMILES string of the molecule is Cc1occc1-c1nnc(SCC(=O)NC2CCN(C3CC3)CC2)n1C. The lowest BCUT2D eigenvalue weighted by Crippen LogP contribution is -2.45. The van der Waals surface area contributed by atoms with Gasteiger partial charge in [-0.3, -0.25) is 4.79 Å². The van der Waals surface area contributed by atoms with Crippen LogP contribution in [0.15, 0.2) is 21.9 Å². The molecule has 26 heavy (non-hydrogen) atoms. The lowest BCUT2D eigenvalue weighted by atomic mass is 10.1. The number of thioether (sulfide) groups is 1. The zero-order valence-electron chi connectivity index (χ0n) is 15.3. The molecule has 8 heteroatoms. The molecular weight excluding hydrogens is 350 g/mol. The van der Waals surface area contributed by atoms with Crippen LogP contribution in [0.5, 0.6) is 0 Å². The van der Waals surface area contributed by atoms with Crippen LogP contribution in [0.1, 0.15) is 31.4 Å². The largest absolute Gasteiger partial charge is 0.469 e. The Morgan fingerprint density at radius 1 is 1.31 bits per heavy atom. The standard InChI is InChI=1S/C18H25N5O2S/c1-12-15(7-10-25-12)17-20-21-18(22(17)2)26-11-16(24)19-13-5-8-23(9-6-13)14-3-4-14/h7,10,13-14H,3-6,8-9,11H2,1-2H3,(H,19,24). The van der Waals surface area contributed by atoms with E-state index in [1.54, 1.807) is 6.26 Å². The molecule has 1 amide bonds. The number of hydrogen-bond donors (Lipinski definition) is 1. The van der Waals surface area contributed by atoms with Gasteiger partial charge in [0.2, 0.25) is 5.91 Å². The van der Waals surface area contributed by atoms with Crippen LogP contribution in [0.3, 0.4) is 0 Å². The van der Waals surface area contributed by atoms with Crippen molar-refractivity contribution < 1.29 is 9.21 Å². The molecule has 4 rings (SSSR count). The summed E-state index contributed by atoms with van der Waals surface area (Å²) in [6, 6.07) is 3.02. The van der Waals surface area contributed by atoms with Crippen LogP contribution in [0.4, 0.5) is 0 Å². The highest BCUT2D eigenvalue weighted by molar-refractivity contribution is 7.99. The minimum absolute atomic E-state index is 0.0731. The average Bonchev–Trinajstić information content (AvgIpc) is 3.31. The van der Waals surface area contributed by atoms with Crippen LogP contribution in [-0.4, -0.2) is 56.5 Å². The van der Waals surface area contributed by atoms with Gasteiger partial charge in [0, 0.05) is 32.2 Å². The van der Waals surface area contributed by atoms with Gasteiger partial charge in [0.25, 0.3) is 0 Å². The summed E-state index contributed by atoms with van der Waals surface area (Å²) in [5.41, 5.74) is 0.929. The van der Waals surface area contributed by atoms with Gasteiger partial charge in [0.1, 0.15) is 5.76 Å². The number of amides is 1. The molecule has 1 saturated carbocycles. The average molecular weight is 375 g/mol. The van der Waals surface area contributed by atoms with Gasteiger partial charge in [-0.15, -0.1) is 10.2 Å². The molecule has 3 heterocycles. The number of hydrogen-bond acceptors (Lipinski definition) is 6. The van der Waals surface area contributed by atoms with Crippen molar-refractivity contribution in [3.63, 3.8) is 0 Å². The fourth-order valence-corrected chi connectivity index (χ4v) is 4.26. The number of nitrogens with zero attached hydrogens (tertiary/aromatic N) is 4. The van der Waals surface area contributed by atoms with E-state index in [-0.39, 0.29) is 5.91 Å². The second kappa shape index (κ2) is 7.44. The maximum atomic E-state index is 12.3. The van der Waals surface area contributed by atoms with Gasteiger partial charge in [0.05, 0.1) is 17.6 Å². The molecule has 2 aromatic rings. The Kier molecular flexibility index (Phi) is 5.04. The molecule has 0 aromatic carbocycles. The summed E-state index contributed by atoms with van der Waals surface area (Å²) >= 11 is 1.42. The molecule has 1 N–H and O–H groups in total. The molecule has 1 aliphatic carbocycles. The molecule has 0 bridgehead atoms. The highest BCUT2D eigenvalue weighted by atomic mass is 32.2. The van der Waals surface area contributed by atoms with Crippen LogP contribution in [0.2, 0.25) is 0 Å². The number of aromatic nitrogens is 3. The number of likely N-dealkylation sites (tertiary alicyclic amines) is 1. The Labute approximate surface area is 157 Å². The van der Waals surface area contributed by atoms with Crippen molar-refractivity contribution in [3.8, 4) is 11.4 Å². The maximum Gasteiger partial charge on any atom is 0.230 e. The van der Waals surface area contributed by atoms with E-state index >= 15 is 0 Å². The molecule has 0 atom stereocenters. The van der Waals surface area contributed by atoms with Crippen LogP contribution < -0.4 is 5.32 Å². The van der Waals surface area contributed by atoms with E-state index in [0.29, 0.717) is 11.8 Å². The monoisotopic (exact) mass is 375 g/mol. The van der Waals surface area contributed by atoms with E-state index in [0.717, 1.165) is 54.3 Å². The quantitative estimate of drug-likeness (QED) is 0.780. The molecule has 0 spiro atoms. The third-order valence-corrected chi connectivity index (χ3v) is 6.25. The van der Waals surface area contributed by atoms with Crippen LogP contribution >= 0.6 is 11.8 Å². The van der Waals surface area contributed by atoms with Crippen LogP contribution in [-0.2, 0) is 11.8 Å². The van der Waals surface area contributed by atoms with Crippen molar-refractivity contribution in [2.45, 2.75) is 49.8 Å². The van der Waals surface area contributed by atoms with Crippen molar-refractivity contribution >= 4 is 17.7 Å². The van der Waals surface area contributed by atoms with Gasteiger partial charge in [-0.1, -0.05) is 11.8 Å². The first-order valence-electron chi connectivity index (χ1n) is 9.22. The molecule has 140 valence electrons. The second-order valence-corrected chi connectivity index (χ2v) is 8.10. The van der Waals surface area contributed by atoms with Gasteiger partial charge in [-0.25, -0.2) is 0 Å². The van der Waals surface area contributed by atoms with Gasteiger partial charge < -0.3 is 19.2 Å². The van der Waals surface area contributed by atoms with Gasteiger partial charge in [-0.05, 0) is 38.7 Å². The van der Waals surface area contributed by atoms with Crippen molar-refractivity contribution in [1.29, 1.82) is 0 Å². The van der Waals surface area contributed by atoms with Crippen molar-refractivity contribution in [1.82, 2.24) is 25.0 Å². The number of carbonyl (C=O) groups excluding carboxylic acids is 1. The molecule has 0 unspecified atom stereocenters. The minimum atomic E-state index is 0.0731. The van der Waals surface area contributed by atoms with E-state index in [1.807, 2.05) is 24.6 Å². The number of furan rings is 1. The smallest absolute Gasteiger partial charge is 0.230 e. The number of nitrogens with one attached hydrogen (secondary N) is 1. The first kappa shape index (κ1) is 17.6. The summed E-state index contributed by atoms with van der Waals surface area (Å²) in [7, 11) is 1.91. The Morgan fingerprint density at radius 3 is 2.73 bits per heavy atom. The fraction of sp³-hybridized carbons (Fsp3) is 0.611. The number of aryl methyl sites for hydroxylation is 1. The topological polar surface area (TPSA) is 76.2 Å². The lowest BCUT2D eigenvalue weighted by Gasteiger charge is -2.32. The summed E-state index contributed by atoms with van der Waals surface area (Å²) in [6.45, 7) is 4.12. The van der Waals surface area contributed by atoms with Gasteiger partial charge in [0.15, 0.2) is 11.0 Å². The normalized spacial score (nSPS) is 19.0. The van der Waals surface area contributed by atoms with E-state index < -0.39 is 0 Å². The Hall–Kier alpha value is -1.80. The van der Waals surface area contributed by atoms with Gasteiger partial charge >= 0.3 is 0 Å². The predicted molar refractivity (Wildman–Crippen MR) is 99.9 cm³/mol.